The zero-order valence-corrected chi connectivity index (χ0v) is 29.6. The molecule has 0 unspecified atom stereocenters. The Morgan fingerprint density at radius 1 is 0.255 bits per heavy atom. The van der Waals surface area contributed by atoms with Gasteiger partial charge < -0.3 is 4.42 Å². The topological polar surface area (TPSA) is 51.8 Å². The van der Waals surface area contributed by atoms with Crippen LogP contribution in [-0.2, 0) is 0 Å². The molecular weight excluding hydrogens is 671 g/mol. The van der Waals surface area contributed by atoms with E-state index in [1.807, 2.05) is 60.7 Å². The second-order valence-electron chi connectivity index (χ2n) is 14.0. The second kappa shape index (κ2) is 12.6. The summed E-state index contributed by atoms with van der Waals surface area (Å²) in [6.07, 6.45) is 0. The lowest BCUT2D eigenvalue weighted by Gasteiger charge is -2.13. The molecular formula is C51H31N3O. The van der Waals surface area contributed by atoms with E-state index in [2.05, 4.69) is 127 Å². The summed E-state index contributed by atoms with van der Waals surface area (Å²) in [6, 6.07) is 65.8. The first kappa shape index (κ1) is 31.1. The first-order chi connectivity index (χ1) is 27.2. The third-order valence-corrected chi connectivity index (χ3v) is 10.7. The van der Waals surface area contributed by atoms with Crippen molar-refractivity contribution in [1.82, 2.24) is 15.0 Å². The van der Waals surface area contributed by atoms with Crippen LogP contribution in [0.1, 0.15) is 0 Å². The lowest BCUT2D eigenvalue weighted by Crippen LogP contribution is -2.00. The van der Waals surface area contributed by atoms with Crippen molar-refractivity contribution in [2.24, 2.45) is 0 Å². The average molecular weight is 702 g/mol. The van der Waals surface area contributed by atoms with Gasteiger partial charge in [0.2, 0.25) is 0 Å². The Bertz CT molecular complexity index is 3130. The number of benzene rings is 9. The van der Waals surface area contributed by atoms with Crippen LogP contribution in [-0.4, -0.2) is 15.0 Å². The number of fused-ring (bicyclic) bond motifs is 3. The van der Waals surface area contributed by atoms with Gasteiger partial charge in [0.05, 0.1) is 0 Å². The first-order valence-electron chi connectivity index (χ1n) is 18.5. The number of furan rings is 1. The van der Waals surface area contributed by atoms with Gasteiger partial charge in [-0.1, -0.05) is 152 Å². The lowest BCUT2D eigenvalue weighted by atomic mass is 9.90. The molecule has 2 aromatic heterocycles. The molecule has 4 nitrogen and oxygen atoms in total. The number of hydrogen-bond donors (Lipinski definition) is 0. The van der Waals surface area contributed by atoms with Gasteiger partial charge in [-0.2, -0.15) is 0 Å². The average Bonchev–Trinajstić information content (AvgIpc) is 3.66. The molecule has 0 saturated carbocycles. The minimum Gasteiger partial charge on any atom is -0.456 e. The molecule has 256 valence electrons. The van der Waals surface area contributed by atoms with Crippen LogP contribution >= 0.6 is 0 Å². The molecule has 0 saturated heterocycles. The van der Waals surface area contributed by atoms with Crippen LogP contribution in [0.25, 0.3) is 111 Å². The van der Waals surface area contributed by atoms with Crippen molar-refractivity contribution in [3.63, 3.8) is 0 Å². The van der Waals surface area contributed by atoms with Gasteiger partial charge in [0.25, 0.3) is 0 Å². The van der Waals surface area contributed by atoms with Crippen LogP contribution < -0.4 is 0 Å². The molecule has 9 aromatic carbocycles. The smallest absolute Gasteiger partial charge is 0.164 e. The molecule has 2 heterocycles. The van der Waals surface area contributed by atoms with E-state index in [1.165, 1.54) is 37.9 Å². The third-order valence-electron chi connectivity index (χ3n) is 10.7. The molecule has 0 fully saturated rings. The van der Waals surface area contributed by atoms with E-state index in [1.54, 1.807) is 0 Å². The first-order valence-corrected chi connectivity index (χ1v) is 18.5. The Morgan fingerprint density at radius 2 is 0.727 bits per heavy atom. The van der Waals surface area contributed by atoms with Crippen molar-refractivity contribution in [2.45, 2.75) is 0 Å². The molecule has 0 spiro atoms. The molecule has 0 N–H and O–H groups in total. The normalized spacial score (nSPS) is 11.6. The maximum atomic E-state index is 6.51. The van der Waals surface area contributed by atoms with Crippen molar-refractivity contribution >= 4 is 43.5 Å². The summed E-state index contributed by atoms with van der Waals surface area (Å²) in [7, 11) is 0. The van der Waals surface area contributed by atoms with E-state index in [0.29, 0.717) is 17.5 Å². The predicted octanol–water partition coefficient (Wildman–Crippen LogP) is 13.5. The SMILES string of the molecule is c1ccc(-c2cc3oc4cccc5c6cc(-c7cccc(-c8cccc(-c9nc(-c%10ccccc%10)nc(-c%10ccccc%10)n9)c8)c7)ccc6c(c2)c3c45)cc1. The van der Waals surface area contributed by atoms with Gasteiger partial charge in [-0.05, 0) is 91.3 Å². The zero-order chi connectivity index (χ0) is 36.3. The Kier molecular flexibility index (Phi) is 7.14. The van der Waals surface area contributed by atoms with Crippen molar-refractivity contribution < 1.29 is 4.42 Å². The Hall–Kier alpha value is -7.43. The quantitative estimate of drug-likeness (QED) is 0.162. The van der Waals surface area contributed by atoms with Gasteiger partial charge in [0.1, 0.15) is 11.2 Å². The Labute approximate surface area is 317 Å². The summed E-state index contributed by atoms with van der Waals surface area (Å²) >= 11 is 0. The number of hydrogen-bond acceptors (Lipinski definition) is 4. The zero-order valence-electron chi connectivity index (χ0n) is 29.6. The molecule has 4 heteroatoms. The standard InChI is InChI=1S/C51H31N3O/c1-4-13-32(14-5-1)40-30-44-41-26-25-38(29-43(41)42-23-12-24-45-47(42)48(44)46(31-40)55-45)36-20-10-19-35(27-36)37-21-11-22-39(28-37)51-53-49(33-15-6-2-7-16-33)52-50(54-51)34-17-8-3-9-18-34/h1-31H. The maximum Gasteiger partial charge on any atom is 0.164 e. The van der Waals surface area contributed by atoms with Crippen molar-refractivity contribution in [3.8, 4) is 67.5 Å². The second-order valence-corrected chi connectivity index (χ2v) is 14.0. The van der Waals surface area contributed by atoms with Gasteiger partial charge in [-0.15, -0.1) is 0 Å². The van der Waals surface area contributed by atoms with E-state index in [4.69, 9.17) is 19.4 Å². The molecule has 0 atom stereocenters. The molecule has 55 heavy (non-hydrogen) atoms. The third kappa shape index (κ3) is 5.34. The van der Waals surface area contributed by atoms with E-state index in [0.717, 1.165) is 55.7 Å². The molecule has 0 amide bonds. The summed E-state index contributed by atoms with van der Waals surface area (Å²) in [6.45, 7) is 0. The van der Waals surface area contributed by atoms with Crippen molar-refractivity contribution in [3.05, 3.63) is 188 Å². The highest BCUT2D eigenvalue weighted by Crippen LogP contribution is 2.45. The minimum absolute atomic E-state index is 0.638. The van der Waals surface area contributed by atoms with Gasteiger partial charge in [-0.25, -0.2) is 15.0 Å². The summed E-state index contributed by atoms with van der Waals surface area (Å²) in [5.41, 5.74) is 11.5. The Morgan fingerprint density at radius 3 is 1.36 bits per heavy atom. The van der Waals surface area contributed by atoms with E-state index < -0.39 is 0 Å². The molecule has 0 aliphatic carbocycles. The Balaban J connectivity index is 1.02. The lowest BCUT2D eigenvalue weighted by molar-refractivity contribution is 0.669. The fourth-order valence-electron chi connectivity index (χ4n) is 8.02. The minimum atomic E-state index is 0.638. The summed E-state index contributed by atoms with van der Waals surface area (Å²) in [5.74, 6) is 1.93. The molecule has 0 radical (unpaired) electrons. The summed E-state index contributed by atoms with van der Waals surface area (Å²) in [5, 5.41) is 7.24. The van der Waals surface area contributed by atoms with Crippen LogP contribution in [0.15, 0.2) is 192 Å². The molecule has 0 bridgehead atoms. The van der Waals surface area contributed by atoms with E-state index in [9.17, 15) is 0 Å². The molecule has 0 aliphatic heterocycles. The molecule has 11 rings (SSSR count). The fourth-order valence-corrected chi connectivity index (χ4v) is 8.02. The van der Waals surface area contributed by atoms with Crippen molar-refractivity contribution in [2.75, 3.05) is 0 Å². The summed E-state index contributed by atoms with van der Waals surface area (Å²) < 4.78 is 6.51. The number of nitrogens with zero attached hydrogens (tertiary/aromatic N) is 3. The van der Waals surface area contributed by atoms with Gasteiger partial charge in [0.15, 0.2) is 17.5 Å². The van der Waals surface area contributed by atoms with Gasteiger partial charge >= 0.3 is 0 Å². The largest absolute Gasteiger partial charge is 0.456 e. The monoisotopic (exact) mass is 701 g/mol. The highest BCUT2D eigenvalue weighted by atomic mass is 16.3. The molecule has 0 aliphatic rings. The predicted molar refractivity (Wildman–Crippen MR) is 226 cm³/mol. The van der Waals surface area contributed by atoms with E-state index >= 15 is 0 Å². The number of rotatable bonds is 6. The summed E-state index contributed by atoms with van der Waals surface area (Å²) in [4.78, 5) is 14.8. The van der Waals surface area contributed by atoms with Crippen LogP contribution in [0.5, 0.6) is 0 Å². The molecule has 11 aromatic rings. The highest BCUT2D eigenvalue weighted by molar-refractivity contribution is 6.33. The highest BCUT2D eigenvalue weighted by Gasteiger charge is 2.19. The van der Waals surface area contributed by atoms with Gasteiger partial charge in [0, 0.05) is 27.5 Å². The van der Waals surface area contributed by atoms with Crippen LogP contribution in [0.2, 0.25) is 0 Å². The van der Waals surface area contributed by atoms with Crippen molar-refractivity contribution in [1.29, 1.82) is 0 Å². The number of aromatic nitrogens is 3. The van der Waals surface area contributed by atoms with E-state index in [-0.39, 0.29) is 0 Å². The van der Waals surface area contributed by atoms with Crippen LogP contribution in [0.4, 0.5) is 0 Å². The van der Waals surface area contributed by atoms with Gasteiger partial charge in [-0.3, -0.25) is 0 Å². The maximum absolute atomic E-state index is 6.51. The van der Waals surface area contributed by atoms with Crippen LogP contribution in [0.3, 0.4) is 0 Å². The fraction of sp³-hybridized carbons (Fsp3) is 0. The van der Waals surface area contributed by atoms with Crippen LogP contribution in [0, 0.1) is 0 Å².